The highest BCUT2D eigenvalue weighted by atomic mass is 16.8. The predicted octanol–water partition coefficient (Wildman–Crippen LogP) is 3.52. The van der Waals surface area contributed by atoms with Crippen LogP contribution in [0.25, 0.3) is 0 Å². The highest BCUT2D eigenvalue weighted by Crippen LogP contribution is 2.37. The molecule has 0 saturated carbocycles. The minimum absolute atomic E-state index is 0.0634. The number of esters is 7. The van der Waals surface area contributed by atoms with E-state index < -0.39 is 159 Å². The molecular weight excluding hydrogens is 1110 g/mol. The molecule has 2 amide bonds. The summed E-state index contributed by atoms with van der Waals surface area (Å²) in [5.41, 5.74) is 1.40. The van der Waals surface area contributed by atoms with Gasteiger partial charge in [-0.15, -0.1) is 0 Å². The summed E-state index contributed by atoms with van der Waals surface area (Å²) in [5.74, 6) is -6.35. The largest absolute Gasteiger partial charge is 0.469 e. The maximum absolute atomic E-state index is 13.2. The number of hydrogen-bond acceptors (Lipinski definition) is 24. The SMILES string of the molecule is COC(=O)CCCCCCCCO[C@H]1O[C@H](CO[C@@H]2O[C@H](COC(C)=O)[C@@H](OC(C)=O)[C@H](OC(C)=O)[C@H]2NC(C)=O)[C@@H](OCc2ccccc2)[C@H](O[C@@H]2O[C@H](COC(C)=O)[C@@H](OC(C)=O)[C@H](OC(C)=O)[C@H]2NC(C)=O)[C@@H]1OCc1ccccc1. The third-order valence-electron chi connectivity index (χ3n) is 13.3. The van der Waals surface area contributed by atoms with Crippen LogP contribution in [0.5, 0.6) is 0 Å². The molecule has 15 atom stereocenters. The molecule has 84 heavy (non-hydrogen) atoms. The lowest BCUT2D eigenvalue weighted by atomic mass is 9.94. The first-order valence-corrected chi connectivity index (χ1v) is 27.9. The minimum atomic E-state index is -1.68. The van der Waals surface area contributed by atoms with E-state index >= 15 is 0 Å². The molecule has 0 radical (unpaired) electrons. The smallest absolute Gasteiger partial charge is 0.305 e. The molecule has 0 aliphatic carbocycles. The van der Waals surface area contributed by atoms with Gasteiger partial charge in [-0.25, -0.2) is 0 Å². The van der Waals surface area contributed by atoms with E-state index in [-0.39, 0.29) is 25.8 Å². The van der Waals surface area contributed by atoms with Crippen LogP contribution in [0.3, 0.4) is 0 Å². The lowest BCUT2D eigenvalue weighted by Crippen LogP contribution is -2.69. The molecule has 2 aromatic carbocycles. The molecule has 0 spiro atoms. The second-order valence-electron chi connectivity index (χ2n) is 20.3. The molecular formula is C58H80N2O24. The molecule has 26 nitrogen and oxygen atoms in total. The Bertz CT molecular complexity index is 2450. The summed E-state index contributed by atoms with van der Waals surface area (Å²) in [6.07, 6.45) is -14.0. The fraction of sp³-hybridized carbons (Fsp3) is 0.638. The van der Waals surface area contributed by atoms with Crippen molar-refractivity contribution < 1.29 is 114 Å². The van der Waals surface area contributed by atoms with Crippen LogP contribution in [-0.2, 0) is 127 Å². The van der Waals surface area contributed by atoms with Crippen LogP contribution >= 0.6 is 0 Å². The van der Waals surface area contributed by atoms with Gasteiger partial charge in [0.25, 0.3) is 0 Å². The lowest BCUT2D eigenvalue weighted by Gasteiger charge is -2.50. The van der Waals surface area contributed by atoms with Gasteiger partial charge in [-0.1, -0.05) is 86.3 Å². The van der Waals surface area contributed by atoms with Gasteiger partial charge >= 0.3 is 41.8 Å². The van der Waals surface area contributed by atoms with Crippen LogP contribution in [0.15, 0.2) is 60.7 Å². The number of carbonyl (C=O) groups is 9. The number of benzene rings is 2. The second kappa shape index (κ2) is 35.0. The number of methoxy groups -OCH3 is 1. The van der Waals surface area contributed by atoms with Crippen LogP contribution < -0.4 is 10.6 Å². The Balaban J connectivity index is 1.67. The number of nitrogens with one attached hydrogen (secondary N) is 2. The van der Waals surface area contributed by atoms with E-state index in [1.54, 1.807) is 24.3 Å². The van der Waals surface area contributed by atoms with Crippen molar-refractivity contribution in [3.05, 3.63) is 71.8 Å². The average Bonchev–Trinajstić information content (AvgIpc) is 2.07. The highest BCUT2D eigenvalue weighted by Gasteiger charge is 2.57. The standard InChI is InChI=1S/C58H80N2O24/c1-33(61)59-47-52(79-39(7)67)50(77-37(5)65)44(30-72-35(3)63)81-56(47)76-32-43-49(74-28-41-22-16-14-17-23-41)54(84-57-48(60-34(2)62)53(80-40(8)68)51(78-38(6)66)45(82-57)31-73-36(4)64)55(75-29-42-24-18-15-19-25-42)58(83-43)71-27-21-13-11-10-12-20-26-46(69)70-9/h14-19,22-25,43-45,47-58H,10-13,20-21,26-32H2,1-9H3,(H,59,61)(H,60,62)/t43-,44-,45-,47-,48-,49-,50-,51-,52-,53-,54+,55+,56-,57+,58+/m1/s1. The van der Waals surface area contributed by atoms with Crippen LogP contribution in [0.4, 0.5) is 0 Å². The van der Waals surface area contributed by atoms with Crippen molar-refractivity contribution in [3.63, 3.8) is 0 Å². The summed E-state index contributed by atoms with van der Waals surface area (Å²) in [7, 11) is 1.35. The minimum Gasteiger partial charge on any atom is -0.469 e. The Morgan fingerprint density at radius 2 is 0.833 bits per heavy atom. The van der Waals surface area contributed by atoms with E-state index in [9.17, 15) is 43.2 Å². The van der Waals surface area contributed by atoms with Crippen molar-refractivity contribution in [2.75, 3.05) is 33.5 Å². The Kier molecular flexibility index (Phi) is 28.4. The van der Waals surface area contributed by atoms with Gasteiger partial charge in [0.15, 0.2) is 43.3 Å². The third-order valence-corrected chi connectivity index (χ3v) is 13.3. The van der Waals surface area contributed by atoms with Gasteiger partial charge in [0.2, 0.25) is 11.8 Å². The van der Waals surface area contributed by atoms with Crippen molar-refractivity contribution in [2.45, 2.75) is 206 Å². The Morgan fingerprint density at radius 1 is 0.417 bits per heavy atom. The molecule has 0 unspecified atom stereocenters. The summed E-state index contributed by atoms with van der Waals surface area (Å²) < 4.78 is 92.2. The number of hydrogen-bond donors (Lipinski definition) is 2. The molecule has 5 rings (SSSR count). The molecule has 2 N–H and O–H groups in total. The van der Waals surface area contributed by atoms with Crippen molar-refractivity contribution in [1.29, 1.82) is 0 Å². The Hall–Kier alpha value is -6.65. The summed E-state index contributed by atoms with van der Waals surface area (Å²) in [5, 5.41) is 5.44. The van der Waals surface area contributed by atoms with Gasteiger partial charge in [-0.05, 0) is 24.0 Å². The van der Waals surface area contributed by atoms with E-state index in [2.05, 4.69) is 10.6 Å². The zero-order valence-corrected chi connectivity index (χ0v) is 48.9. The Morgan fingerprint density at radius 3 is 1.30 bits per heavy atom. The molecule has 0 aromatic heterocycles. The van der Waals surface area contributed by atoms with Crippen LogP contribution in [0.2, 0.25) is 0 Å². The quantitative estimate of drug-likeness (QED) is 0.0620. The summed E-state index contributed by atoms with van der Waals surface area (Å²) in [6, 6.07) is 15.3. The predicted molar refractivity (Wildman–Crippen MR) is 288 cm³/mol. The highest BCUT2D eigenvalue weighted by molar-refractivity contribution is 5.74. The summed E-state index contributed by atoms with van der Waals surface area (Å²) in [6.45, 7) is 7.42. The molecule has 3 saturated heterocycles. The lowest BCUT2D eigenvalue weighted by molar-refractivity contribution is -0.365. The Labute approximate surface area is 488 Å². The van der Waals surface area contributed by atoms with Crippen molar-refractivity contribution in [1.82, 2.24) is 10.6 Å². The monoisotopic (exact) mass is 1190 g/mol. The molecule has 3 heterocycles. The number of amides is 2. The first kappa shape index (κ1) is 68.1. The second-order valence-corrected chi connectivity index (χ2v) is 20.3. The van der Waals surface area contributed by atoms with E-state index in [0.717, 1.165) is 66.4 Å². The molecule has 3 aliphatic heterocycles. The molecule has 3 aliphatic rings. The summed E-state index contributed by atoms with van der Waals surface area (Å²) in [4.78, 5) is 114. The first-order chi connectivity index (χ1) is 40.1. The fourth-order valence-corrected chi connectivity index (χ4v) is 9.78. The number of carbonyl (C=O) groups excluding carboxylic acids is 9. The average molecular weight is 1190 g/mol. The van der Waals surface area contributed by atoms with Gasteiger partial charge in [0, 0.05) is 68.4 Å². The van der Waals surface area contributed by atoms with Crippen LogP contribution in [-0.4, -0.2) is 179 Å². The normalized spacial score (nSPS) is 27.4. The number of ether oxygens (including phenoxy) is 15. The van der Waals surface area contributed by atoms with Gasteiger partial charge in [0.1, 0.15) is 61.9 Å². The number of rotatable bonds is 31. The van der Waals surface area contributed by atoms with Gasteiger partial charge < -0.3 is 81.7 Å². The molecule has 3 fully saturated rings. The van der Waals surface area contributed by atoms with E-state index in [4.69, 9.17) is 71.1 Å². The van der Waals surface area contributed by atoms with Crippen molar-refractivity contribution >= 4 is 53.6 Å². The topological polar surface area (TPSA) is 316 Å². The molecule has 0 bridgehead atoms. The zero-order chi connectivity index (χ0) is 61.3. The maximum Gasteiger partial charge on any atom is 0.305 e. The van der Waals surface area contributed by atoms with Crippen molar-refractivity contribution in [3.8, 4) is 0 Å². The van der Waals surface area contributed by atoms with Crippen LogP contribution in [0, 0.1) is 0 Å². The van der Waals surface area contributed by atoms with Crippen molar-refractivity contribution in [2.24, 2.45) is 0 Å². The summed E-state index contributed by atoms with van der Waals surface area (Å²) >= 11 is 0. The molecule has 26 heteroatoms. The van der Waals surface area contributed by atoms with E-state index in [1.165, 1.54) is 21.0 Å². The van der Waals surface area contributed by atoms with E-state index in [1.807, 2.05) is 36.4 Å². The van der Waals surface area contributed by atoms with Crippen LogP contribution in [0.1, 0.15) is 111 Å². The first-order valence-electron chi connectivity index (χ1n) is 27.9. The fourth-order valence-electron chi connectivity index (χ4n) is 9.78. The maximum atomic E-state index is 13.2. The molecule has 466 valence electrons. The van der Waals surface area contributed by atoms with Gasteiger partial charge in [-0.2, -0.15) is 0 Å². The van der Waals surface area contributed by atoms with Gasteiger partial charge in [0.05, 0.1) is 26.9 Å². The zero-order valence-electron chi connectivity index (χ0n) is 48.9. The van der Waals surface area contributed by atoms with Gasteiger partial charge in [-0.3, -0.25) is 43.2 Å². The third kappa shape index (κ3) is 22.4. The molecule has 2 aromatic rings. The number of unbranched alkanes of at least 4 members (excludes halogenated alkanes) is 5. The van der Waals surface area contributed by atoms with E-state index in [0.29, 0.717) is 31.2 Å².